The second kappa shape index (κ2) is 7.92. The summed E-state index contributed by atoms with van der Waals surface area (Å²) >= 11 is 7.14. The van der Waals surface area contributed by atoms with Gasteiger partial charge in [-0.25, -0.2) is 4.79 Å². The molecule has 0 N–H and O–H groups in total. The Morgan fingerprint density at radius 1 is 0.960 bits per heavy atom. The molecule has 0 amide bonds. The van der Waals surface area contributed by atoms with E-state index in [1.807, 2.05) is 5.38 Å². The molecule has 1 aromatic heterocycles. The van der Waals surface area contributed by atoms with Gasteiger partial charge >= 0.3 is 5.97 Å². The highest BCUT2D eigenvalue weighted by molar-refractivity contribution is 7.12. The molecule has 5 heteroatoms. The topological polar surface area (TPSA) is 43.4 Å². The van der Waals surface area contributed by atoms with Crippen molar-refractivity contribution in [2.75, 3.05) is 0 Å². The minimum atomic E-state index is -0.379. The van der Waals surface area contributed by atoms with Gasteiger partial charge in [-0.05, 0) is 59.5 Å². The van der Waals surface area contributed by atoms with E-state index in [1.165, 1.54) is 17.4 Å². The van der Waals surface area contributed by atoms with Crippen LogP contribution in [0, 0.1) is 0 Å². The Labute approximate surface area is 154 Å². The Hall–Kier alpha value is -2.69. The van der Waals surface area contributed by atoms with Gasteiger partial charge in [0.15, 0.2) is 5.78 Å². The monoisotopic (exact) mass is 368 g/mol. The summed E-state index contributed by atoms with van der Waals surface area (Å²) in [7, 11) is 0. The van der Waals surface area contributed by atoms with Crippen LogP contribution in [-0.2, 0) is 0 Å². The average Bonchev–Trinajstić information content (AvgIpc) is 3.16. The average molecular weight is 369 g/mol. The standard InChI is InChI=1S/C20H13ClO3S/c21-16-8-6-15(7-9-16)18(22)12-5-14-3-10-17(11-4-14)24-20(23)19-2-1-13-25-19/h1-13H/b12-5+. The molecule has 0 radical (unpaired) electrons. The Morgan fingerprint density at radius 3 is 2.32 bits per heavy atom. The molecule has 124 valence electrons. The van der Waals surface area contributed by atoms with E-state index >= 15 is 0 Å². The number of carbonyl (C=O) groups excluding carboxylic acids is 2. The lowest BCUT2D eigenvalue weighted by molar-refractivity contribution is 0.0739. The second-order valence-electron chi connectivity index (χ2n) is 5.14. The summed E-state index contributed by atoms with van der Waals surface area (Å²) in [5, 5.41) is 2.41. The Bertz CT molecular complexity index is 895. The van der Waals surface area contributed by atoms with Crippen molar-refractivity contribution in [2.24, 2.45) is 0 Å². The SMILES string of the molecule is O=C(/C=C/c1ccc(OC(=O)c2cccs2)cc1)c1ccc(Cl)cc1. The summed E-state index contributed by atoms with van der Waals surface area (Å²) in [6.07, 6.45) is 3.21. The lowest BCUT2D eigenvalue weighted by atomic mass is 10.1. The van der Waals surface area contributed by atoms with Crippen LogP contribution in [0.15, 0.2) is 72.1 Å². The number of thiophene rings is 1. The molecule has 0 bridgehead atoms. The second-order valence-corrected chi connectivity index (χ2v) is 6.52. The molecule has 0 spiro atoms. The number of ether oxygens (including phenoxy) is 1. The van der Waals surface area contributed by atoms with Gasteiger partial charge in [0.1, 0.15) is 10.6 Å². The highest BCUT2D eigenvalue weighted by atomic mass is 35.5. The van der Waals surface area contributed by atoms with Crippen LogP contribution in [0.1, 0.15) is 25.6 Å². The maximum atomic E-state index is 12.1. The normalized spacial score (nSPS) is 10.8. The third-order valence-electron chi connectivity index (χ3n) is 3.37. The summed E-state index contributed by atoms with van der Waals surface area (Å²) in [4.78, 5) is 24.5. The highest BCUT2D eigenvalue weighted by Crippen LogP contribution is 2.17. The molecule has 3 nitrogen and oxygen atoms in total. The number of halogens is 1. The van der Waals surface area contributed by atoms with Crippen LogP contribution in [0.3, 0.4) is 0 Å². The first-order valence-electron chi connectivity index (χ1n) is 7.45. The number of benzene rings is 2. The van der Waals surface area contributed by atoms with Crippen LogP contribution in [0.25, 0.3) is 6.08 Å². The Morgan fingerprint density at radius 2 is 1.68 bits per heavy atom. The van der Waals surface area contributed by atoms with E-state index in [1.54, 1.807) is 66.7 Å². The molecule has 0 fully saturated rings. The Kier molecular flexibility index (Phi) is 5.43. The van der Waals surface area contributed by atoms with Crippen LogP contribution in [0.4, 0.5) is 0 Å². The molecule has 0 aliphatic carbocycles. The van der Waals surface area contributed by atoms with Crippen LogP contribution in [0.5, 0.6) is 5.75 Å². The third kappa shape index (κ3) is 4.66. The molecular formula is C20H13ClO3S. The number of hydrogen-bond donors (Lipinski definition) is 0. The van der Waals surface area contributed by atoms with E-state index in [4.69, 9.17) is 16.3 Å². The van der Waals surface area contributed by atoms with E-state index in [2.05, 4.69) is 0 Å². The molecule has 0 aliphatic heterocycles. The minimum Gasteiger partial charge on any atom is -0.422 e. The first-order valence-corrected chi connectivity index (χ1v) is 8.71. The summed E-state index contributed by atoms with van der Waals surface area (Å²) in [6.45, 7) is 0. The molecule has 3 rings (SSSR count). The Balaban J connectivity index is 1.63. The van der Waals surface area contributed by atoms with Crippen LogP contribution < -0.4 is 4.74 Å². The van der Waals surface area contributed by atoms with E-state index in [0.29, 0.717) is 21.2 Å². The molecule has 0 atom stereocenters. The van der Waals surface area contributed by atoms with Crippen molar-refractivity contribution in [1.29, 1.82) is 0 Å². The maximum absolute atomic E-state index is 12.1. The molecule has 0 aliphatic rings. The molecular weight excluding hydrogens is 356 g/mol. The van der Waals surface area contributed by atoms with Crippen LogP contribution >= 0.6 is 22.9 Å². The van der Waals surface area contributed by atoms with Gasteiger partial charge in [0.05, 0.1) is 0 Å². The van der Waals surface area contributed by atoms with Gasteiger partial charge in [0.25, 0.3) is 0 Å². The summed E-state index contributed by atoms with van der Waals surface area (Å²) in [6, 6.07) is 17.2. The molecule has 25 heavy (non-hydrogen) atoms. The zero-order valence-corrected chi connectivity index (χ0v) is 14.6. The van der Waals surface area contributed by atoms with E-state index < -0.39 is 0 Å². The van der Waals surface area contributed by atoms with Gasteiger partial charge in [-0.1, -0.05) is 35.9 Å². The molecule has 0 unspecified atom stereocenters. The minimum absolute atomic E-state index is 0.107. The summed E-state index contributed by atoms with van der Waals surface area (Å²) in [5.74, 6) is -0.0272. The van der Waals surface area contributed by atoms with Crippen molar-refractivity contribution >= 4 is 40.8 Å². The van der Waals surface area contributed by atoms with Crippen LogP contribution in [-0.4, -0.2) is 11.8 Å². The molecule has 3 aromatic rings. The van der Waals surface area contributed by atoms with Crippen molar-refractivity contribution in [1.82, 2.24) is 0 Å². The number of rotatable bonds is 5. The van der Waals surface area contributed by atoms with Gasteiger partial charge in [-0.2, -0.15) is 0 Å². The number of carbonyl (C=O) groups is 2. The predicted molar refractivity (Wildman–Crippen MR) is 101 cm³/mol. The highest BCUT2D eigenvalue weighted by Gasteiger charge is 2.09. The van der Waals surface area contributed by atoms with Crippen molar-refractivity contribution in [3.8, 4) is 5.75 Å². The van der Waals surface area contributed by atoms with Gasteiger partial charge in [-0.3, -0.25) is 4.79 Å². The van der Waals surface area contributed by atoms with Crippen molar-refractivity contribution < 1.29 is 14.3 Å². The van der Waals surface area contributed by atoms with Gasteiger partial charge in [-0.15, -0.1) is 11.3 Å². The van der Waals surface area contributed by atoms with E-state index in [-0.39, 0.29) is 11.8 Å². The smallest absolute Gasteiger partial charge is 0.353 e. The zero-order chi connectivity index (χ0) is 17.6. The summed E-state index contributed by atoms with van der Waals surface area (Å²) in [5.41, 5.74) is 1.40. The number of allylic oxidation sites excluding steroid dienone is 1. The van der Waals surface area contributed by atoms with Crippen molar-refractivity contribution in [2.45, 2.75) is 0 Å². The zero-order valence-electron chi connectivity index (χ0n) is 13.0. The predicted octanol–water partition coefficient (Wildman–Crippen LogP) is 5.52. The molecule has 2 aromatic carbocycles. The van der Waals surface area contributed by atoms with Crippen molar-refractivity contribution in [3.05, 3.63) is 93.1 Å². The van der Waals surface area contributed by atoms with Crippen LogP contribution in [0.2, 0.25) is 5.02 Å². The lowest BCUT2D eigenvalue weighted by Gasteiger charge is -2.03. The van der Waals surface area contributed by atoms with Gasteiger partial charge in [0.2, 0.25) is 0 Å². The fourth-order valence-corrected chi connectivity index (χ4v) is 2.81. The third-order valence-corrected chi connectivity index (χ3v) is 4.47. The van der Waals surface area contributed by atoms with Crippen molar-refractivity contribution in [3.63, 3.8) is 0 Å². The molecule has 0 saturated heterocycles. The lowest BCUT2D eigenvalue weighted by Crippen LogP contribution is -2.05. The first kappa shape index (κ1) is 17.1. The fourth-order valence-electron chi connectivity index (χ4n) is 2.08. The van der Waals surface area contributed by atoms with Gasteiger partial charge in [0, 0.05) is 10.6 Å². The van der Waals surface area contributed by atoms with E-state index in [0.717, 1.165) is 5.56 Å². The number of ketones is 1. The number of hydrogen-bond acceptors (Lipinski definition) is 4. The molecule has 0 saturated carbocycles. The number of esters is 1. The largest absolute Gasteiger partial charge is 0.422 e. The summed E-state index contributed by atoms with van der Waals surface area (Å²) < 4.78 is 5.29. The van der Waals surface area contributed by atoms with E-state index in [9.17, 15) is 9.59 Å². The first-order chi connectivity index (χ1) is 12.1. The maximum Gasteiger partial charge on any atom is 0.353 e. The van der Waals surface area contributed by atoms with Gasteiger partial charge < -0.3 is 4.74 Å². The quantitative estimate of drug-likeness (QED) is 0.258. The fraction of sp³-hybridized carbons (Fsp3) is 0. The molecule has 1 heterocycles.